The number of carbonyl (C=O) groups excluding carboxylic acids is 2. The Morgan fingerprint density at radius 2 is 1.68 bits per heavy atom. The average Bonchev–Trinajstić information content (AvgIpc) is 2.45. The zero-order valence-corrected chi connectivity index (χ0v) is 18.0. The van der Waals surface area contributed by atoms with Crippen LogP contribution in [0.2, 0.25) is 0 Å². The third-order valence-corrected chi connectivity index (χ3v) is 3.40. The fraction of sp³-hybridized carbons (Fsp3) is 0.619. The number of hydrogen-bond acceptors (Lipinski definition) is 6. The Kier molecular flexibility index (Phi) is 8.14. The van der Waals surface area contributed by atoms with Crippen LogP contribution < -0.4 is 15.8 Å². The highest BCUT2D eigenvalue weighted by atomic mass is 16.6. The lowest BCUT2D eigenvalue weighted by atomic mass is 10.0. The maximum atomic E-state index is 12.3. The van der Waals surface area contributed by atoms with Crippen LogP contribution in [0.25, 0.3) is 0 Å². The van der Waals surface area contributed by atoms with Gasteiger partial charge in [0.05, 0.1) is 13.0 Å². The van der Waals surface area contributed by atoms with Crippen LogP contribution in [0.3, 0.4) is 0 Å². The van der Waals surface area contributed by atoms with Crippen LogP contribution in [0, 0.1) is 0 Å². The van der Waals surface area contributed by atoms with Crippen molar-refractivity contribution in [2.24, 2.45) is 0 Å². The first kappa shape index (κ1) is 23.6. The molecule has 1 rings (SSSR count). The average molecular weight is 395 g/mol. The number of nitrogens with two attached hydrogens (primary N) is 1. The van der Waals surface area contributed by atoms with E-state index in [-0.39, 0.29) is 6.42 Å². The molecule has 0 aromatic heterocycles. The lowest BCUT2D eigenvalue weighted by molar-refractivity contribution is -0.155. The number of rotatable bonds is 7. The lowest BCUT2D eigenvalue weighted by Gasteiger charge is -2.25. The normalized spacial score (nSPS) is 12.8. The molecule has 0 aliphatic heterocycles. The van der Waals surface area contributed by atoms with Gasteiger partial charge < -0.3 is 25.3 Å². The molecule has 0 bridgehead atoms. The standard InChI is InChI=1S/C21H34N2O5/c1-8-26-17-10-9-15(22)11-14(17)12-16(13-18(24)27-20(2,3)4)23-19(25)28-21(5,6)7/h9-11,16H,8,12-13,22H2,1-7H3,(H,23,25)/t16-/m0/s1. The Bertz CT molecular complexity index is 644. The topological polar surface area (TPSA) is 99.9 Å². The number of hydrogen-bond donors (Lipinski definition) is 2. The molecule has 0 aliphatic rings. The molecule has 0 saturated carbocycles. The highest BCUT2D eigenvalue weighted by Crippen LogP contribution is 2.24. The summed E-state index contributed by atoms with van der Waals surface area (Å²) in [5.74, 6) is 0.257. The number of esters is 1. The summed E-state index contributed by atoms with van der Waals surface area (Å²) in [7, 11) is 0. The second-order valence-corrected chi connectivity index (χ2v) is 8.64. The Morgan fingerprint density at radius 3 is 2.21 bits per heavy atom. The Hall–Kier alpha value is -2.44. The van der Waals surface area contributed by atoms with Crippen molar-refractivity contribution in [3.05, 3.63) is 23.8 Å². The predicted molar refractivity (Wildman–Crippen MR) is 109 cm³/mol. The van der Waals surface area contributed by atoms with E-state index in [1.807, 2.05) is 6.92 Å². The first-order chi connectivity index (χ1) is 12.8. The minimum absolute atomic E-state index is 0.00310. The van der Waals surface area contributed by atoms with Crippen LogP contribution >= 0.6 is 0 Å². The maximum absolute atomic E-state index is 12.3. The van der Waals surface area contributed by atoms with Crippen molar-refractivity contribution in [1.29, 1.82) is 0 Å². The number of carbonyl (C=O) groups is 2. The summed E-state index contributed by atoms with van der Waals surface area (Å²) in [6, 6.07) is 4.78. The number of nitrogens with one attached hydrogen (secondary N) is 1. The molecule has 1 atom stereocenters. The number of anilines is 1. The van der Waals surface area contributed by atoms with Gasteiger partial charge in [-0.05, 0) is 78.6 Å². The first-order valence-electron chi connectivity index (χ1n) is 9.51. The van der Waals surface area contributed by atoms with Crippen molar-refractivity contribution < 1.29 is 23.8 Å². The third-order valence-electron chi connectivity index (χ3n) is 3.40. The summed E-state index contributed by atoms with van der Waals surface area (Å²) in [6.45, 7) is 13.1. The molecule has 28 heavy (non-hydrogen) atoms. The van der Waals surface area contributed by atoms with Gasteiger partial charge in [-0.1, -0.05) is 0 Å². The molecule has 1 amide bonds. The van der Waals surface area contributed by atoms with Gasteiger partial charge >= 0.3 is 12.1 Å². The molecule has 7 nitrogen and oxygen atoms in total. The van der Waals surface area contributed by atoms with Crippen LogP contribution in [0.5, 0.6) is 5.75 Å². The van der Waals surface area contributed by atoms with Crippen molar-refractivity contribution in [2.45, 2.75) is 78.6 Å². The molecule has 0 aliphatic carbocycles. The van der Waals surface area contributed by atoms with E-state index >= 15 is 0 Å². The van der Waals surface area contributed by atoms with Crippen molar-refractivity contribution in [2.75, 3.05) is 12.3 Å². The second kappa shape index (κ2) is 9.66. The van der Waals surface area contributed by atoms with Gasteiger partial charge in [0, 0.05) is 11.7 Å². The number of ether oxygens (including phenoxy) is 3. The fourth-order valence-corrected chi connectivity index (χ4v) is 2.55. The van der Waals surface area contributed by atoms with E-state index in [9.17, 15) is 9.59 Å². The minimum Gasteiger partial charge on any atom is -0.494 e. The van der Waals surface area contributed by atoms with Gasteiger partial charge in [0.2, 0.25) is 0 Å². The van der Waals surface area contributed by atoms with Crippen LogP contribution in [0.15, 0.2) is 18.2 Å². The van der Waals surface area contributed by atoms with Gasteiger partial charge in [-0.25, -0.2) is 4.79 Å². The fourth-order valence-electron chi connectivity index (χ4n) is 2.55. The molecule has 0 unspecified atom stereocenters. The summed E-state index contributed by atoms with van der Waals surface area (Å²) >= 11 is 0. The zero-order chi connectivity index (χ0) is 21.5. The number of nitrogen functional groups attached to an aromatic ring is 1. The van der Waals surface area contributed by atoms with E-state index in [2.05, 4.69) is 5.32 Å². The van der Waals surface area contributed by atoms with E-state index in [1.54, 1.807) is 59.7 Å². The highest BCUT2D eigenvalue weighted by molar-refractivity contribution is 5.73. The van der Waals surface area contributed by atoms with Crippen LogP contribution in [-0.2, 0) is 20.7 Å². The molecule has 0 spiro atoms. The van der Waals surface area contributed by atoms with Gasteiger partial charge in [-0.15, -0.1) is 0 Å². The second-order valence-electron chi connectivity index (χ2n) is 8.64. The van der Waals surface area contributed by atoms with Gasteiger partial charge in [0.15, 0.2) is 0 Å². The lowest BCUT2D eigenvalue weighted by Crippen LogP contribution is -2.42. The molecule has 7 heteroatoms. The Balaban J connectivity index is 3.01. The number of alkyl carbamates (subject to hydrolysis) is 1. The summed E-state index contributed by atoms with van der Waals surface area (Å²) in [5, 5.41) is 2.77. The minimum atomic E-state index is -0.645. The molecular formula is C21H34N2O5. The summed E-state index contributed by atoms with van der Waals surface area (Å²) < 4.78 is 16.4. The highest BCUT2D eigenvalue weighted by Gasteiger charge is 2.25. The van der Waals surface area contributed by atoms with E-state index in [0.29, 0.717) is 24.5 Å². The van der Waals surface area contributed by atoms with Crippen molar-refractivity contribution >= 4 is 17.7 Å². The predicted octanol–water partition coefficient (Wildman–Crippen LogP) is 3.84. The molecular weight excluding hydrogens is 360 g/mol. The van der Waals surface area contributed by atoms with Gasteiger partial charge in [-0.2, -0.15) is 0 Å². The Labute approximate surface area is 167 Å². The quantitative estimate of drug-likeness (QED) is 0.538. The van der Waals surface area contributed by atoms with Crippen molar-refractivity contribution in [3.63, 3.8) is 0 Å². The van der Waals surface area contributed by atoms with E-state index in [1.165, 1.54) is 0 Å². The van der Waals surface area contributed by atoms with Crippen molar-refractivity contribution in [1.82, 2.24) is 5.32 Å². The maximum Gasteiger partial charge on any atom is 0.407 e. The van der Waals surface area contributed by atoms with Crippen molar-refractivity contribution in [3.8, 4) is 5.75 Å². The molecule has 0 fully saturated rings. The number of amides is 1. The largest absolute Gasteiger partial charge is 0.494 e. The van der Waals surface area contributed by atoms with Crippen LogP contribution in [-0.4, -0.2) is 35.9 Å². The van der Waals surface area contributed by atoms with Crippen LogP contribution in [0.1, 0.15) is 60.5 Å². The third kappa shape index (κ3) is 9.48. The van der Waals surface area contributed by atoms with Gasteiger partial charge in [-0.3, -0.25) is 4.79 Å². The molecule has 3 N–H and O–H groups in total. The monoisotopic (exact) mass is 394 g/mol. The summed E-state index contributed by atoms with van der Waals surface area (Å²) in [5.41, 5.74) is 6.03. The van der Waals surface area contributed by atoms with E-state index in [4.69, 9.17) is 19.9 Å². The smallest absolute Gasteiger partial charge is 0.407 e. The van der Waals surface area contributed by atoms with E-state index in [0.717, 1.165) is 5.56 Å². The molecule has 158 valence electrons. The molecule has 0 radical (unpaired) electrons. The molecule has 1 aromatic rings. The molecule has 0 heterocycles. The Morgan fingerprint density at radius 1 is 1.07 bits per heavy atom. The first-order valence-corrected chi connectivity index (χ1v) is 9.51. The van der Waals surface area contributed by atoms with Gasteiger partial charge in [0.25, 0.3) is 0 Å². The van der Waals surface area contributed by atoms with Gasteiger partial charge in [0.1, 0.15) is 17.0 Å². The summed E-state index contributed by atoms with van der Waals surface area (Å²) in [4.78, 5) is 24.6. The zero-order valence-electron chi connectivity index (χ0n) is 18.0. The SMILES string of the molecule is CCOc1ccc(N)cc1C[C@@H](CC(=O)OC(C)(C)C)NC(=O)OC(C)(C)C. The number of benzene rings is 1. The molecule has 1 aromatic carbocycles. The summed E-state index contributed by atoms with van der Waals surface area (Å²) in [6.07, 6.45) is -0.252. The molecule has 0 saturated heterocycles. The van der Waals surface area contributed by atoms with Crippen LogP contribution in [0.4, 0.5) is 10.5 Å². The van der Waals surface area contributed by atoms with E-state index < -0.39 is 29.3 Å².